The molecule has 2 aliphatic heterocycles. The van der Waals surface area contributed by atoms with Gasteiger partial charge >= 0.3 is 5.97 Å². The Balaban J connectivity index is 1.72. The minimum atomic E-state index is -0.431. The van der Waals surface area contributed by atoms with Crippen molar-refractivity contribution in [2.24, 2.45) is 11.8 Å². The van der Waals surface area contributed by atoms with Crippen LogP contribution in [-0.2, 0) is 19.0 Å². The summed E-state index contributed by atoms with van der Waals surface area (Å²) >= 11 is 0. The van der Waals surface area contributed by atoms with Gasteiger partial charge in [-0.1, -0.05) is 50.5 Å². The van der Waals surface area contributed by atoms with E-state index in [0.29, 0.717) is 12.8 Å². The number of carbonyl (C=O) groups excluding carboxylic acids is 1. The van der Waals surface area contributed by atoms with Crippen molar-refractivity contribution in [2.45, 2.75) is 109 Å². The third-order valence-corrected chi connectivity index (χ3v) is 6.60. The molecule has 0 radical (unpaired) electrons. The molecule has 1 N–H and O–H groups in total. The molecule has 3 aliphatic rings. The molecule has 2 heterocycles. The lowest BCUT2D eigenvalue weighted by Gasteiger charge is -2.29. The van der Waals surface area contributed by atoms with Crippen molar-refractivity contribution < 1.29 is 24.1 Å². The lowest BCUT2D eigenvalue weighted by atomic mass is 9.89. The summed E-state index contributed by atoms with van der Waals surface area (Å²) in [6.07, 6.45) is 18.7. The van der Waals surface area contributed by atoms with Gasteiger partial charge in [0, 0.05) is 31.3 Å². The highest BCUT2D eigenvalue weighted by molar-refractivity contribution is 5.69. The van der Waals surface area contributed by atoms with Gasteiger partial charge in [0.15, 0.2) is 6.29 Å². The summed E-state index contributed by atoms with van der Waals surface area (Å²) in [7, 11) is 0. The molecule has 3 rings (SSSR count). The molecule has 30 heavy (non-hydrogen) atoms. The van der Waals surface area contributed by atoms with Crippen LogP contribution < -0.4 is 0 Å². The smallest absolute Gasteiger partial charge is 0.306 e. The van der Waals surface area contributed by atoms with Crippen LogP contribution in [0.2, 0.25) is 0 Å². The van der Waals surface area contributed by atoms with Crippen molar-refractivity contribution in [1.82, 2.24) is 0 Å². The van der Waals surface area contributed by atoms with Gasteiger partial charge in [0.05, 0.1) is 12.2 Å². The second-order valence-corrected chi connectivity index (χ2v) is 9.02. The SMILES string of the molecule is CCCCC[C@H](O)/C=C/[C@@H]1[C@H]2C/C=C\CCCC(=O)O[C@H]2C[C@H]1OC1CCCCO1. The predicted molar refractivity (Wildman–Crippen MR) is 117 cm³/mol. The van der Waals surface area contributed by atoms with E-state index in [2.05, 4.69) is 25.2 Å². The minimum Gasteiger partial charge on any atom is -0.462 e. The molecule has 0 spiro atoms. The summed E-state index contributed by atoms with van der Waals surface area (Å²) in [4.78, 5) is 12.3. The molecule has 0 aromatic heterocycles. The second-order valence-electron chi connectivity index (χ2n) is 9.02. The number of rotatable bonds is 8. The summed E-state index contributed by atoms with van der Waals surface area (Å²) in [6, 6.07) is 0. The van der Waals surface area contributed by atoms with E-state index in [1.54, 1.807) is 0 Å². The lowest BCUT2D eigenvalue weighted by molar-refractivity contribution is -0.193. The van der Waals surface area contributed by atoms with Gasteiger partial charge in [-0.3, -0.25) is 4.79 Å². The second kappa shape index (κ2) is 12.6. The first kappa shape index (κ1) is 23.5. The number of fused-ring (bicyclic) bond motifs is 1. The van der Waals surface area contributed by atoms with Gasteiger partial charge in [0.2, 0.25) is 0 Å². The zero-order valence-electron chi connectivity index (χ0n) is 18.5. The monoisotopic (exact) mass is 420 g/mol. The summed E-state index contributed by atoms with van der Waals surface area (Å²) < 4.78 is 18.1. The van der Waals surface area contributed by atoms with E-state index >= 15 is 0 Å². The van der Waals surface area contributed by atoms with Crippen LogP contribution in [0.15, 0.2) is 24.3 Å². The standard InChI is InChI=1S/C25H40O5/c1-2-3-6-11-19(26)15-16-21-20-12-7-4-5-8-13-24(27)29-22(20)18-23(21)30-25-14-9-10-17-28-25/h4,7,15-16,19-23,25-26H,2-3,5-6,8-14,17-18H2,1H3/b7-4-,16-15+/t19-,20+,21+,22-,23+,25?/m0/s1. The van der Waals surface area contributed by atoms with E-state index in [0.717, 1.165) is 70.8 Å². The van der Waals surface area contributed by atoms with Crippen LogP contribution in [-0.4, -0.2) is 42.3 Å². The molecule has 5 heteroatoms. The topological polar surface area (TPSA) is 65.0 Å². The average Bonchev–Trinajstić information content (AvgIpc) is 3.05. The Kier molecular flexibility index (Phi) is 9.89. The normalized spacial score (nSPS) is 35.0. The van der Waals surface area contributed by atoms with E-state index < -0.39 is 6.10 Å². The molecule has 0 amide bonds. The minimum absolute atomic E-state index is 0.0517. The molecule has 1 unspecified atom stereocenters. The first-order chi connectivity index (χ1) is 14.7. The molecule has 2 fully saturated rings. The van der Waals surface area contributed by atoms with Crippen LogP contribution in [0.5, 0.6) is 0 Å². The average molecular weight is 421 g/mol. The van der Waals surface area contributed by atoms with E-state index in [4.69, 9.17) is 14.2 Å². The van der Waals surface area contributed by atoms with Crippen LogP contribution >= 0.6 is 0 Å². The number of aliphatic hydroxyl groups is 1. The van der Waals surface area contributed by atoms with Gasteiger partial charge in [0.25, 0.3) is 0 Å². The van der Waals surface area contributed by atoms with Crippen LogP contribution in [0.1, 0.15) is 84.0 Å². The number of hydrogen-bond acceptors (Lipinski definition) is 5. The maximum Gasteiger partial charge on any atom is 0.306 e. The fourth-order valence-corrected chi connectivity index (χ4v) is 4.87. The zero-order chi connectivity index (χ0) is 21.2. The Hall–Kier alpha value is -1.17. The highest BCUT2D eigenvalue weighted by Gasteiger charge is 2.45. The Labute approximate surface area is 181 Å². The molecule has 6 atom stereocenters. The van der Waals surface area contributed by atoms with Gasteiger partial charge < -0.3 is 19.3 Å². The zero-order valence-corrected chi connectivity index (χ0v) is 18.5. The molecule has 1 saturated heterocycles. The van der Waals surface area contributed by atoms with Crippen LogP contribution in [0.25, 0.3) is 0 Å². The molecule has 170 valence electrons. The van der Waals surface area contributed by atoms with Crippen LogP contribution in [0, 0.1) is 11.8 Å². The molecular formula is C25H40O5. The number of unbranched alkanes of at least 4 members (excludes halogenated alkanes) is 2. The molecule has 1 saturated carbocycles. The van der Waals surface area contributed by atoms with Crippen molar-refractivity contribution in [3.63, 3.8) is 0 Å². The van der Waals surface area contributed by atoms with Gasteiger partial charge in [-0.15, -0.1) is 0 Å². The van der Waals surface area contributed by atoms with Crippen molar-refractivity contribution >= 4 is 5.97 Å². The van der Waals surface area contributed by atoms with E-state index in [1.165, 1.54) is 0 Å². The van der Waals surface area contributed by atoms with Crippen molar-refractivity contribution in [3.05, 3.63) is 24.3 Å². The number of esters is 1. The number of allylic oxidation sites excluding steroid dienone is 2. The molecule has 0 bridgehead atoms. The van der Waals surface area contributed by atoms with Crippen LogP contribution in [0.3, 0.4) is 0 Å². The number of hydrogen-bond donors (Lipinski definition) is 1. The van der Waals surface area contributed by atoms with E-state index in [1.807, 2.05) is 6.08 Å². The highest BCUT2D eigenvalue weighted by atomic mass is 16.7. The Morgan fingerprint density at radius 1 is 1.27 bits per heavy atom. The highest BCUT2D eigenvalue weighted by Crippen LogP contribution is 2.41. The molecule has 0 aromatic carbocycles. The van der Waals surface area contributed by atoms with Gasteiger partial charge in [-0.25, -0.2) is 0 Å². The molecule has 5 nitrogen and oxygen atoms in total. The Bertz CT molecular complexity index is 566. The van der Waals surface area contributed by atoms with Gasteiger partial charge in [-0.05, 0) is 44.9 Å². The van der Waals surface area contributed by atoms with Crippen LogP contribution in [0.4, 0.5) is 0 Å². The third-order valence-electron chi connectivity index (χ3n) is 6.60. The summed E-state index contributed by atoms with van der Waals surface area (Å²) in [5.41, 5.74) is 0. The summed E-state index contributed by atoms with van der Waals surface area (Å²) in [6.45, 7) is 2.92. The predicted octanol–water partition coefficient (Wildman–Crippen LogP) is 5.07. The molecule has 1 aliphatic carbocycles. The van der Waals surface area contributed by atoms with Crippen molar-refractivity contribution in [1.29, 1.82) is 0 Å². The van der Waals surface area contributed by atoms with E-state index in [-0.39, 0.29) is 36.3 Å². The fourth-order valence-electron chi connectivity index (χ4n) is 4.87. The Morgan fingerprint density at radius 2 is 2.17 bits per heavy atom. The summed E-state index contributed by atoms with van der Waals surface area (Å²) in [5.74, 6) is 0.186. The fraction of sp³-hybridized carbons (Fsp3) is 0.800. The van der Waals surface area contributed by atoms with Crippen molar-refractivity contribution in [2.75, 3.05) is 6.61 Å². The van der Waals surface area contributed by atoms with E-state index in [9.17, 15) is 9.90 Å². The van der Waals surface area contributed by atoms with Gasteiger partial charge in [-0.2, -0.15) is 0 Å². The summed E-state index contributed by atoms with van der Waals surface area (Å²) in [5, 5.41) is 10.4. The number of aliphatic hydroxyl groups excluding tert-OH is 1. The first-order valence-electron chi connectivity index (χ1n) is 12.1. The largest absolute Gasteiger partial charge is 0.462 e. The molecule has 0 aromatic rings. The number of ether oxygens (including phenoxy) is 3. The quantitative estimate of drug-likeness (QED) is 0.337. The maximum absolute atomic E-state index is 12.3. The maximum atomic E-state index is 12.3. The lowest BCUT2D eigenvalue weighted by Crippen LogP contribution is -2.30. The third kappa shape index (κ3) is 7.21. The Morgan fingerprint density at radius 3 is 2.97 bits per heavy atom. The number of carbonyl (C=O) groups is 1. The van der Waals surface area contributed by atoms with Crippen molar-refractivity contribution in [3.8, 4) is 0 Å². The van der Waals surface area contributed by atoms with Gasteiger partial charge in [0.1, 0.15) is 6.10 Å². The first-order valence-corrected chi connectivity index (χ1v) is 12.1. The molecular weight excluding hydrogens is 380 g/mol.